The molecule has 1 aliphatic heterocycles. The fourth-order valence-electron chi connectivity index (χ4n) is 4.49. The average molecular weight is 613 g/mol. The molecule has 1 aromatic carbocycles. The molecule has 2 unspecified atom stereocenters. The second-order valence-corrected chi connectivity index (χ2v) is 10.4. The third-order valence-electron chi connectivity index (χ3n) is 7.34. The molecular formula is C28H32F4N4O7. The van der Waals surface area contributed by atoms with Crippen LogP contribution in [0.4, 0.5) is 17.6 Å². The maximum atomic E-state index is 14.6. The van der Waals surface area contributed by atoms with Gasteiger partial charge in [0.05, 0.1) is 24.1 Å². The monoisotopic (exact) mass is 612 g/mol. The Morgan fingerprint density at radius 3 is 2.40 bits per heavy atom. The predicted molar refractivity (Wildman–Crippen MR) is 141 cm³/mol. The number of aliphatic hydroxyl groups excluding tert-OH is 1. The van der Waals surface area contributed by atoms with Crippen molar-refractivity contribution >= 4 is 23.7 Å². The van der Waals surface area contributed by atoms with Crippen molar-refractivity contribution in [2.75, 3.05) is 0 Å². The number of nitrogens with zero attached hydrogens (tertiary/aromatic N) is 1. The molecule has 7 atom stereocenters. The van der Waals surface area contributed by atoms with Crippen LogP contribution in [-0.2, 0) is 25.5 Å². The highest BCUT2D eigenvalue weighted by Gasteiger charge is 2.40. The van der Waals surface area contributed by atoms with E-state index in [2.05, 4.69) is 20.9 Å². The Bertz CT molecular complexity index is 1400. The highest BCUT2D eigenvalue weighted by Crippen LogP contribution is 2.24. The van der Waals surface area contributed by atoms with E-state index >= 15 is 0 Å². The Balaban J connectivity index is 2.08. The molecule has 3 rings (SSSR count). The van der Waals surface area contributed by atoms with E-state index < -0.39 is 113 Å². The van der Waals surface area contributed by atoms with Crippen LogP contribution in [0.2, 0.25) is 0 Å². The van der Waals surface area contributed by atoms with Crippen LogP contribution in [0.1, 0.15) is 50.2 Å². The minimum atomic E-state index is -2.12. The molecule has 0 spiro atoms. The lowest BCUT2D eigenvalue weighted by molar-refractivity contribution is -0.167. The number of carbonyl (C=O) groups is 4. The Labute approximate surface area is 244 Å². The number of aromatic hydroxyl groups is 1. The van der Waals surface area contributed by atoms with Crippen molar-refractivity contribution < 1.29 is 51.7 Å². The molecule has 2 heterocycles. The van der Waals surface area contributed by atoms with Gasteiger partial charge in [-0.2, -0.15) is 0 Å². The third-order valence-corrected chi connectivity index (χ3v) is 7.34. The van der Waals surface area contributed by atoms with Gasteiger partial charge in [-0.25, -0.2) is 22.5 Å². The first-order valence-corrected chi connectivity index (χ1v) is 13.4. The van der Waals surface area contributed by atoms with E-state index in [1.807, 2.05) is 0 Å². The van der Waals surface area contributed by atoms with Crippen LogP contribution < -0.4 is 16.0 Å². The van der Waals surface area contributed by atoms with Crippen LogP contribution in [-0.4, -0.2) is 69.2 Å². The highest BCUT2D eigenvalue weighted by molar-refractivity contribution is 5.98. The Morgan fingerprint density at radius 2 is 1.77 bits per heavy atom. The molecule has 1 aliphatic rings. The van der Waals surface area contributed by atoms with Gasteiger partial charge in [-0.15, -0.1) is 0 Å². The number of aliphatic hydroxyl groups is 1. The summed E-state index contributed by atoms with van der Waals surface area (Å²) >= 11 is 0. The Hall–Kier alpha value is -4.27. The quantitative estimate of drug-likeness (QED) is 0.142. The Kier molecular flexibility index (Phi) is 10.7. The minimum Gasteiger partial charge on any atom is -0.505 e. The summed E-state index contributed by atoms with van der Waals surface area (Å²) in [5, 5.41) is 28.4. The van der Waals surface area contributed by atoms with Crippen LogP contribution >= 0.6 is 0 Å². The lowest BCUT2D eigenvalue weighted by Gasteiger charge is -2.34. The van der Waals surface area contributed by atoms with Crippen molar-refractivity contribution in [3.05, 3.63) is 58.9 Å². The van der Waals surface area contributed by atoms with E-state index in [-0.39, 0.29) is 0 Å². The summed E-state index contributed by atoms with van der Waals surface area (Å²) in [6, 6.07) is -1.65. The maximum absolute atomic E-state index is 14.6. The molecule has 0 bridgehead atoms. The summed E-state index contributed by atoms with van der Waals surface area (Å²) < 4.78 is 61.6. The van der Waals surface area contributed by atoms with Crippen molar-refractivity contribution in [1.29, 1.82) is 0 Å². The van der Waals surface area contributed by atoms with E-state index in [1.165, 1.54) is 32.2 Å². The van der Waals surface area contributed by atoms with E-state index in [9.17, 15) is 47.0 Å². The molecular weight excluding hydrogens is 580 g/mol. The molecule has 1 aromatic heterocycles. The first-order valence-electron chi connectivity index (χ1n) is 13.4. The van der Waals surface area contributed by atoms with Gasteiger partial charge in [-0.1, -0.05) is 13.8 Å². The van der Waals surface area contributed by atoms with Gasteiger partial charge in [-0.05, 0) is 50.5 Å². The van der Waals surface area contributed by atoms with Gasteiger partial charge in [0.25, 0.3) is 11.8 Å². The third kappa shape index (κ3) is 7.39. The van der Waals surface area contributed by atoms with Crippen molar-refractivity contribution in [3.8, 4) is 5.75 Å². The molecule has 15 heteroatoms. The normalized spacial score (nSPS) is 25.8. The highest BCUT2D eigenvalue weighted by atomic mass is 19.2. The summed E-state index contributed by atoms with van der Waals surface area (Å²) in [6.07, 6.45) is -2.53. The number of benzene rings is 1. The topological polar surface area (TPSA) is 167 Å². The summed E-state index contributed by atoms with van der Waals surface area (Å²) in [4.78, 5) is 56.5. The van der Waals surface area contributed by atoms with Gasteiger partial charge >= 0.3 is 5.97 Å². The van der Waals surface area contributed by atoms with Crippen molar-refractivity contribution in [1.82, 2.24) is 20.9 Å². The predicted octanol–water partition coefficient (Wildman–Crippen LogP) is 1.64. The van der Waals surface area contributed by atoms with Crippen LogP contribution in [0.15, 0.2) is 24.4 Å². The molecule has 11 nitrogen and oxygen atoms in total. The second-order valence-electron chi connectivity index (χ2n) is 10.4. The van der Waals surface area contributed by atoms with E-state index in [4.69, 9.17) is 4.74 Å². The number of amides is 3. The number of hydrogen-bond donors (Lipinski definition) is 5. The van der Waals surface area contributed by atoms with Gasteiger partial charge in [0, 0.05) is 12.1 Å². The number of nitrogens with one attached hydrogen (secondary N) is 3. The number of aromatic nitrogens is 1. The molecule has 1 saturated heterocycles. The number of ether oxygens (including phenoxy) is 1. The number of hydrogen-bond acceptors (Lipinski definition) is 8. The van der Waals surface area contributed by atoms with Gasteiger partial charge in [-0.3, -0.25) is 19.2 Å². The zero-order valence-corrected chi connectivity index (χ0v) is 23.7. The van der Waals surface area contributed by atoms with Crippen LogP contribution in [0.3, 0.4) is 0 Å². The molecule has 0 aliphatic carbocycles. The van der Waals surface area contributed by atoms with Gasteiger partial charge in [0.2, 0.25) is 5.91 Å². The van der Waals surface area contributed by atoms with E-state index in [1.54, 1.807) is 13.8 Å². The fraction of sp³-hybridized carbons (Fsp3) is 0.464. The van der Waals surface area contributed by atoms with Gasteiger partial charge in [0.1, 0.15) is 11.8 Å². The minimum absolute atomic E-state index is 0.344. The van der Waals surface area contributed by atoms with Gasteiger partial charge in [0.15, 0.2) is 35.1 Å². The summed E-state index contributed by atoms with van der Waals surface area (Å²) in [7, 11) is 0. The fourth-order valence-corrected chi connectivity index (χ4v) is 4.49. The van der Waals surface area contributed by atoms with Gasteiger partial charge < -0.3 is 30.9 Å². The van der Waals surface area contributed by atoms with E-state index in [0.717, 1.165) is 0 Å². The van der Waals surface area contributed by atoms with E-state index in [0.29, 0.717) is 12.5 Å². The number of cyclic esters (lactones) is 1. The molecule has 0 saturated carbocycles. The standard InChI is InChI=1S/C28H32F4N4O7/c1-5-11(2)24-27(41)34-13(4)21(36-26(40)22-17(37)7-6-8-33-22)25(39)35-16(23(38)12(3)28(42)43-24)10-14-9-15(29)19(31)20(32)18(14)30/h6-9,11-13,16,21,23-24,37-38H,5,10H2,1-4H3,(H,34,41)(H,35,39)(H,36,40)/t11?,12-,13-,16+,21+,23+,24?/m1/s1. The molecule has 2 aromatic rings. The second kappa shape index (κ2) is 13.8. The number of esters is 1. The van der Waals surface area contributed by atoms with Crippen molar-refractivity contribution in [3.63, 3.8) is 0 Å². The Morgan fingerprint density at radius 1 is 1.09 bits per heavy atom. The molecule has 3 amide bonds. The lowest BCUT2D eigenvalue weighted by Crippen LogP contribution is -2.62. The number of halogens is 4. The van der Waals surface area contributed by atoms with Crippen molar-refractivity contribution in [2.24, 2.45) is 11.8 Å². The summed E-state index contributed by atoms with van der Waals surface area (Å²) in [5.74, 6) is -14.2. The first kappa shape index (κ1) is 33.2. The lowest BCUT2D eigenvalue weighted by atomic mass is 9.91. The average Bonchev–Trinajstić information content (AvgIpc) is 2.97. The number of pyridine rings is 1. The SMILES string of the molecule is CCC(C)C1OC(=O)[C@H](C)[C@H](O)[C@H](Cc2cc(F)c(F)c(F)c2F)NC(=O)[C@@H](NC(=O)c2ncccc2O)[C@@H](C)NC1=O. The van der Waals surface area contributed by atoms with Crippen LogP contribution in [0.25, 0.3) is 0 Å². The van der Waals surface area contributed by atoms with Crippen LogP contribution in [0.5, 0.6) is 5.75 Å². The number of carbonyl (C=O) groups excluding carboxylic acids is 4. The molecule has 234 valence electrons. The van der Waals surface area contributed by atoms with Crippen LogP contribution in [0, 0.1) is 35.1 Å². The molecule has 43 heavy (non-hydrogen) atoms. The first-order chi connectivity index (χ1) is 20.2. The maximum Gasteiger partial charge on any atom is 0.312 e. The van der Waals surface area contributed by atoms with Crippen molar-refractivity contribution in [2.45, 2.75) is 70.9 Å². The zero-order valence-electron chi connectivity index (χ0n) is 23.7. The summed E-state index contributed by atoms with van der Waals surface area (Å²) in [5.41, 5.74) is -1.23. The largest absolute Gasteiger partial charge is 0.505 e. The number of rotatable bonds is 6. The summed E-state index contributed by atoms with van der Waals surface area (Å²) in [6.45, 7) is 5.87. The molecule has 0 radical (unpaired) electrons. The smallest absolute Gasteiger partial charge is 0.312 e. The molecule has 1 fully saturated rings. The molecule has 5 N–H and O–H groups in total. The zero-order chi connectivity index (χ0) is 32.2.